The highest BCUT2D eigenvalue weighted by molar-refractivity contribution is 7.68. The Morgan fingerprint density at radius 3 is 0.983 bits per heavy atom. The van der Waals surface area contributed by atoms with Gasteiger partial charge in [-0.3, -0.25) is 14.8 Å². The van der Waals surface area contributed by atoms with E-state index in [2.05, 4.69) is 224 Å². The van der Waals surface area contributed by atoms with E-state index in [0.717, 1.165) is 37.6 Å². The van der Waals surface area contributed by atoms with Crippen LogP contribution in [0.15, 0.2) is 200 Å². The van der Waals surface area contributed by atoms with E-state index in [4.69, 9.17) is 14.0 Å². The SMILES string of the molecule is C[C@H](CN(Cc1ccccc1)Cc1cccc(CN(Cc2ccccc2)C[C@@H](C)OP(c2ccccc2)c2ccccc2)n1)OP(c1ccccc1)c1ccccc1. The van der Waals surface area contributed by atoms with Crippen molar-refractivity contribution in [2.24, 2.45) is 0 Å². The van der Waals surface area contributed by atoms with Crippen LogP contribution in [0.25, 0.3) is 0 Å². The molecule has 0 spiro atoms. The normalized spacial score (nSPS) is 12.7. The van der Waals surface area contributed by atoms with Crippen LogP contribution < -0.4 is 21.2 Å². The maximum atomic E-state index is 6.97. The molecule has 2 atom stereocenters. The topological polar surface area (TPSA) is 37.8 Å². The minimum absolute atomic E-state index is 0.0153. The molecule has 0 aliphatic carbocycles. The van der Waals surface area contributed by atoms with Crippen molar-refractivity contribution in [2.75, 3.05) is 13.1 Å². The third kappa shape index (κ3) is 12.6. The molecule has 7 aromatic rings. The summed E-state index contributed by atoms with van der Waals surface area (Å²) in [5.41, 5.74) is 4.64. The zero-order valence-corrected chi connectivity index (χ0v) is 35.3. The summed E-state index contributed by atoms with van der Waals surface area (Å²) in [6.07, 6.45) is -0.0305. The Bertz CT molecular complexity index is 1970. The van der Waals surface area contributed by atoms with Crippen molar-refractivity contribution in [1.82, 2.24) is 14.8 Å². The summed E-state index contributed by atoms with van der Waals surface area (Å²) in [4.78, 5) is 10.3. The molecule has 0 amide bonds. The van der Waals surface area contributed by atoms with Gasteiger partial charge in [0.1, 0.15) is 0 Å². The van der Waals surface area contributed by atoms with Crippen LogP contribution in [0.3, 0.4) is 0 Å². The fourth-order valence-corrected chi connectivity index (χ4v) is 10.9. The second-order valence-corrected chi connectivity index (χ2v) is 18.4. The standard InChI is InChI=1S/C51H53N3O2P2/c1-42(55-57(48-28-13-5-14-29-48)49-30-15-6-16-31-49)36-53(38-44-22-9-3-10-23-44)40-46-26-21-27-47(52-46)41-54(39-45-24-11-4-12-25-45)37-43(2)56-58(50-32-17-7-18-33-50)51-34-19-8-20-35-51/h3-35,42-43H,36-41H2,1-2H3/t42-,43-/m1/s1. The Morgan fingerprint density at radius 1 is 0.379 bits per heavy atom. The van der Waals surface area contributed by atoms with Crippen LogP contribution in [0.4, 0.5) is 0 Å². The number of nitrogens with zero attached hydrogens (tertiary/aromatic N) is 3. The summed E-state index contributed by atoms with van der Waals surface area (Å²) in [6, 6.07) is 70.5. The van der Waals surface area contributed by atoms with E-state index in [9.17, 15) is 0 Å². The van der Waals surface area contributed by atoms with E-state index < -0.39 is 16.3 Å². The first kappa shape index (κ1) is 41.3. The van der Waals surface area contributed by atoms with E-state index in [1.165, 1.54) is 32.3 Å². The average molecular weight is 802 g/mol. The van der Waals surface area contributed by atoms with E-state index in [0.29, 0.717) is 13.1 Å². The van der Waals surface area contributed by atoms with Gasteiger partial charge < -0.3 is 9.05 Å². The van der Waals surface area contributed by atoms with Crippen molar-refractivity contribution >= 4 is 37.5 Å². The Balaban J connectivity index is 1.08. The fraction of sp³-hybridized carbons (Fsp3) is 0.196. The smallest absolute Gasteiger partial charge is 0.0922 e. The molecule has 1 heterocycles. The highest BCUT2D eigenvalue weighted by Gasteiger charge is 2.23. The van der Waals surface area contributed by atoms with E-state index >= 15 is 0 Å². The molecule has 7 rings (SSSR count). The maximum Gasteiger partial charge on any atom is 0.0922 e. The van der Waals surface area contributed by atoms with Crippen LogP contribution in [0.5, 0.6) is 0 Å². The van der Waals surface area contributed by atoms with Gasteiger partial charge in [-0.15, -0.1) is 0 Å². The lowest BCUT2D eigenvalue weighted by atomic mass is 10.2. The Morgan fingerprint density at radius 2 is 0.672 bits per heavy atom. The van der Waals surface area contributed by atoms with Gasteiger partial charge in [-0.05, 0) is 37.1 Å². The molecule has 7 heteroatoms. The molecule has 6 aromatic carbocycles. The molecule has 0 aliphatic rings. The number of rotatable bonds is 20. The monoisotopic (exact) mass is 801 g/mol. The number of hydrogen-bond donors (Lipinski definition) is 0. The maximum absolute atomic E-state index is 6.97. The minimum atomic E-state index is -0.973. The molecule has 58 heavy (non-hydrogen) atoms. The first-order valence-corrected chi connectivity index (χ1v) is 22.7. The lowest BCUT2D eigenvalue weighted by molar-refractivity contribution is 0.146. The molecule has 0 unspecified atom stereocenters. The van der Waals surface area contributed by atoms with Gasteiger partial charge >= 0.3 is 0 Å². The Kier molecular flexibility index (Phi) is 15.5. The first-order chi connectivity index (χ1) is 28.6. The van der Waals surface area contributed by atoms with Gasteiger partial charge in [-0.1, -0.05) is 188 Å². The zero-order chi connectivity index (χ0) is 39.8. The van der Waals surface area contributed by atoms with Crippen LogP contribution in [0.2, 0.25) is 0 Å². The molecule has 0 aliphatic heterocycles. The largest absolute Gasteiger partial charge is 0.345 e. The van der Waals surface area contributed by atoms with Gasteiger partial charge in [-0.25, -0.2) is 0 Å². The van der Waals surface area contributed by atoms with E-state index in [1.54, 1.807) is 0 Å². The summed E-state index contributed by atoms with van der Waals surface area (Å²) in [5, 5.41) is 4.87. The van der Waals surface area contributed by atoms with Gasteiger partial charge in [0.05, 0.1) is 39.9 Å². The van der Waals surface area contributed by atoms with Gasteiger partial charge in [0.25, 0.3) is 0 Å². The number of aromatic nitrogens is 1. The molecular weight excluding hydrogens is 749 g/mol. The van der Waals surface area contributed by atoms with Crippen LogP contribution in [0, 0.1) is 0 Å². The lowest BCUT2D eigenvalue weighted by Crippen LogP contribution is -2.33. The van der Waals surface area contributed by atoms with Crippen molar-refractivity contribution in [3.05, 3.63) is 223 Å². The van der Waals surface area contributed by atoms with Crippen LogP contribution in [-0.2, 0) is 35.2 Å². The summed E-state index contributed by atoms with van der Waals surface area (Å²) in [7, 11) is -1.95. The summed E-state index contributed by atoms with van der Waals surface area (Å²) >= 11 is 0. The van der Waals surface area contributed by atoms with Crippen LogP contribution >= 0.6 is 16.3 Å². The third-order valence-electron chi connectivity index (χ3n) is 9.70. The molecule has 0 bridgehead atoms. The molecule has 0 radical (unpaired) electrons. The quantitative estimate of drug-likeness (QED) is 0.0718. The molecule has 0 fully saturated rings. The van der Waals surface area contributed by atoms with Crippen molar-refractivity contribution in [1.29, 1.82) is 0 Å². The predicted molar refractivity (Wildman–Crippen MR) is 245 cm³/mol. The number of hydrogen-bond acceptors (Lipinski definition) is 5. The summed E-state index contributed by atoms with van der Waals surface area (Å²) in [5.74, 6) is 0. The van der Waals surface area contributed by atoms with Gasteiger partial charge in [0.15, 0.2) is 0 Å². The highest BCUT2D eigenvalue weighted by atomic mass is 31.1. The zero-order valence-electron chi connectivity index (χ0n) is 33.5. The average Bonchev–Trinajstić information content (AvgIpc) is 3.27. The Labute approximate surface area is 348 Å². The number of pyridine rings is 1. The molecule has 5 nitrogen and oxygen atoms in total. The second-order valence-electron chi connectivity index (χ2n) is 14.7. The molecule has 0 saturated carbocycles. The molecule has 1 aromatic heterocycles. The molecule has 0 N–H and O–H groups in total. The third-order valence-corrected chi connectivity index (χ3v) is 13.9. The van der Waals surface area contributed by atoms with Crippen molar-refractivity contribution in [3.63, 3.8) is 0 Å². The lowest BCUT2D eigenvalue weighted by Gasteiger charge is -2.29. The van der Waals surface area contributed by atoms with E-state index in [-0.39, 0.29) is 12.2 Å². The molecule has 294 valence electrons. The second kappa shape index (κ2) is 21.8. The predicted octanol–water partition coefficient (Wildman–Crippen LogP) is 9.99. The van der Waals surface area contributed by atoms with Crippen molar-refractivity contribution in [3.8, 4) is 0 Å². The van der Waals surface area contributed by atoms with Gasteiger partial charge in [0.2, 0.25) is 0 Å². The summed E-state index contributed by atoms with van der Waals surface area (Å²) < 4.78 is 13.9. The minimum Gasteiger partial charge on any atom is -0.345 e. The number of benzene rings is 6. The van der Waals surface area contributed by atoms with Crippen LogP contribution in [0.1, 0.15) is 36.4 Å². The van der Waals surface area contributed by atoms with Gasteiger partial charge in [-0.2, -0.15) is 0 Å². The van der Waals surface area contributed by atoms with Crippen molar-refractivity contribution < 1.29 is 9.05 Å². The Hall–Kier alpha value is -4.83. The van der Waals surface area contributed by atoms with Gasteiger partial charge in [0, 0.05) is 60.5 Å². The fourth-order valence-electron chi connectivity index (χ4n) is 7.17. The first-order valence-electron chi connectivity index (χ1n) is 20.2. The summed E-state index contributed by atoms with van der Waals surface area (Å²) in [6.45, 7) is 8.96. The van der Waals surface area contributed by atoms with Crippen LogP contribution in [-0.4, -0.2) is 40.1 Å². The highest BCUT2D eigenvalue weighted by Crippen LogP contribution is 2.38. The van der Waals surface area contributed by atoms with E-state index in [1.807, 2.05) is 0 Å². The molecule has 0 saturated heterocycles. The molecular formula is C51H53N3O2P2. The van der Waals surface area contributed by atoms with Crippen molar-refractivity contribution in [2.45, 2.75) is 52.2 Å².